The van der Waals surface area contributed by atoms with Crippen molar-refractivity contribution >= 4 is 23.7 Å². The van der Waals surface area contributed by atoms with Crippen LogP contribution in [0.25, 0.3) is 0 Å². The monoisotopic (exact) mass is 430 g/mol. The SMILES string of the molecule is COc1ccc(CCNC(=O)C(=O)N/N=C/c2ccc(OC)c([N+](=O)[O-])c2)cc1OC. The van der Waals surface area contributed by atoms with Crippen LogP contribution in [0, 0.1) is 10.1 Å². The number of rotatable bonds is 9. The first-order valence-corrected chi connectivity index (χ1v) is 9.04. The van der Waals surface area contributed by atoms with Gasteiger partial charge >= 0.3 is 17.5 Å². The second-order valence-electron chi connectivity index (χ2n) is 6.08. The van der Waals surface area contributed by atoms with Crippen LogP contribution in [0.15, 0.2) is 41.5 Å². The molecule has 2 aromatic carbocycles. The van der Waals surface area contributed by atoms with E-state index < -0.39 is 16.7 Å². The van der Waals surface area contributed by atoms with Crippen LogP contribution in [0.1, 0.15) is 11.1 Å². The Balaban J connectivity index is 1.85. The number of nitrogens with one attached hydrogen (secondary N) is 2. The quantitative estimate of drug-likeness (QED) is 0.265. The van der Waals surface area contributed by atoms with Crippen molar-refractivity contribution in [1.29, 1.82) is 0 Å². The third-order valence-corrected chi connectivity index (χ3v) is 4.13. The molecule has 0 radical (unpaired) electrons. The summed E-state index contributed by atoms with van der Waals surface area (Å²) in [7, 11) is 4.38. The molecule has 31 heavy (non-hydrogen) atoms. The Kier molecular flexibility index (Phi) is 8.31. The number of benzene rings is 2. The molecule has 2 N–H and O–H groups in total. The molecule has 2 rings (SSSR count). The zero-order valence-corrected chi connectivity index (χ0v) is 17.2. The molecule has 0 fully saturated rings. The lowest BCUT2D eigenvalue weighted by Gasteiger charge is -2.10. The van der Waals surface area contributed by atoms with Crippen molar-refractivity contribution in [2.45, 2.75) is 6.42 Å². The van der Waals surface area contributed by atoms with Gasteiger partial charge in [0.1, 0.15) is 0 Å². The summed E-state index contributed by atoms with van der Waals surface area (Å²) < 4.78 is 15.3. The van der Waals surface area contributed by atoms with E-state index in [1.807, 2.05) is 6.07 Å². The third kappa shape index (κ3) is 6.42. The molecular weight excluding hydrogens is 408 g/mol. The molecule has 0 bridgehead atoms. The predicted octanol–water partition coefficient (Wildman–Crippen LogP) is 1.43. The van der Waals surface area contributed by atoms with Gasteiger partial charge in [-0.15, -0.1) is 0 Å². The molecule has 0 atom stereocenters. The fourth-order valence-electron chi connectivity index (χ4n) is 2.58. The summed E-state index contributed by atoms with van der Waals surface area (Å²) in [5.41, 5.74) is 3.06. The van der Waals surface area contributed by atoms with Gasteiger partial charge in [-0.2, -0.15) is 5.10 Å². The molecule has 0 aliphatic heterocycles. The Morgan fingerprint density at radius 2 is 1.68 bits per heavy atom. The van der Waals surface area contributed by atoms with E-state index >= 15 is 0 Å². The van der Waals surface area contributed by atoms with Crippen molar-refractivity contribution in [1.82, 2.24) is 10.7 Å². The van der Waals surface area contributed by atoms with E-state index in [9.17, 15) is 19.7 Å². The minimum atomic E-state index is -0.966. The smallest absolute Gasteiger partial charge is 0.329 e. The van der Waals surface area contributed by atoms with Gasteiger partial charge in [-0.1, -0.05) is 6.07 Å². The molecule has 0 aromatic heterocycles. The molecule has 0 saturated heterocycles. The van der Waals surface area contributed by atoms with Gasteiger partial charge in [0, 0.05) is 18.2 Å². The number of nitro groups is 1. The van der Waals surface area contributed by atoms with Crippen molar-refractivity contribution in [3.63, 3.8) is 0 Å². The molecule has 11 heteroatoms. The highest BCUT2D eigenvalue weighted by atomic mass is 16.6. The van der Waals surface area contributed by atoms with Crippen molar-refractivity contribution in [2.75, 3.05) is 27.9 Å². The van der Waals surface area contributed by atoms with Crippen LogP contribution < -0.4 is 25.0 Å². The number of nitro benzene ring substituents is 1. The van der Waals surface area contributed by atoms with E-state index in [1.165, 1.54) is 45.7 Å². The van der Waals surface area contributed by atoms with Gasteiger partial charge in [0.05, 0.1) is 32.5 Å². The summed E-state index contributed by atoms with van der Waals surface area (Å²) in [6.07, 6.45) is 1.65. The van der Waals surface area contributed by atoms with Gasteiger partial charge in [-0.25, -0.2) is 5.43 Å². The maximum absolute atomic E-state index is 11.9. The fourth-order valence-corrected chi connectivity index (χ4v) is 2.58. The normalized spacial score (nSPS) is 10.4. The van der Waals surface area contributed by atoms with Crippen molar-refractivity contribution < 1.29 is 28.7 Å². The molecule has 0 heterocycles. The summed E-state index contributed by atoms with van der Waals surface area (Å²) in [5, 5.41) is 17.1. The average molecular weight is 430 g/mol. The lowest BCUT2D eigenvalue weighted by atomic mass is 10.1. The van der Waals surface area contributed by atoms with Crippen LogP contribution in [-0.2, 0) is 16.0 Å². The lowest BCUT2D eigenvalue weighted by molar-refractivity contribution is -0.385. The second kappa shape index (κ2) is 11.1. The van der Waals surface area contributed by atoms with E-state index in [0.717, 1.165) is 5.56 Å². The van der Waals surface area contributed by atoms with Crippen molar-refractivity contribution in [2.24, 2.45) is 5.10 Å². The number of methoxy groups -OCH3 is 3. The van der Waals surface area contributed by atoms with Gasteiger partial charge in [-0.05, 0) is 36.2 Å². The number of hydrazone groups is 1. The zero-order chi connectivity index (χ0) is 22.8. The largest absolute Gasteiger partial charge is 0.493 e. The van der Waals surface area contributed by atoms with Crippen molar-refractivity contribution in [3.8, 4) is 17.2 Å². The van der Waals surface area contributed by atoms with E-state index in [1.54, 1.807) is 12.1 Å². The fraction of sp³-hybridized carbons (Fsp3) is 0.250. The van der Waals surface area contributed by atoms with Crippen LogP contribution in [0.2, 0.25) is 0 Å². The highest BCUT2D eigenvalue weighted by Crippen LogP contribution is 2.28. The Bertz CT molecular complexity index is 991. The molecule has 2 amide bonds. The summed E-state index contributed by atoms with van der Waals surface area (Å²) >= 11 is 0. The molecule has 2 aromatic rings. The first kappa shape index (κ1) is 23.1. The van der Waals surface area contributed by atoms with Crippen molar-refractivity contribution in [3.05, 3.63) is 57.6 Å². The van der Waals surface area contributed by atoms with Crippen LogP contribution in [0.4, 0.5) is 5.69 Å². The molecule has 0 aliphatic carbocycles. The number of ether oxygens (including phenoxy) is 3. The highest BCUT2D eigenvalue weighted by molar-refractivity contribution is 6.35. The third-order valence-electron chi connectivity index (χ3n) is 4.13. The number of carbonyl (C=O) groups is 2. The van der Waals surface area contributed by atoms with Gasteiger partial charge in [0.15, 0.2) is 17.2 Å². The molecule has 0 aliphatic rings. The molecule has 0 unspecified atom stereocenters. The van der Waals surface area contributed by atoms with Crippen LogP contribution in [-0.4, -0.2) is 50.8 Å². The maximum Gasteiger partial charge on any atom is 0.329 e. The summed E-state index contributed by atoms with van der Waals surface area (Å²) in [6.45, 7) is 0.218. The number of nitrogens with zero attached hydrogens (tertiary/aromatic N) is 2. The Labute approximate surface area is 178 Å². The first-order chi connectivity index (χ1) is 14.9. The minimum absolute atomic E-state index is 0.0973. The van der Waals surface area contributed by atoms with Gasteiger partial charge < -0.3 is 19.5 Å². The molecule has 164 valence electrons. The zero-order valence-electron chi connectivity index (χ0n) is 17.2. The van der Waals surface area contributed by atoms with Gasteiger partial charge in [-0.3, -0.25) is 19.7 Å². The number of hydrogen-bond acceptors (Lipinski definition) is 8. The summed E-state index contributed by atoms with van der Waals surface area (Å²) in [4.78, 5) is 34.1. The Morgan fingerprint density at radius 3 is 2.32 bits per heavy atom. The lowest BCUT2D eigenvalue weighted by Crippen LogP contribution is -2.38. The predicted molar refractivity (Wildman–Crippen MR) is 112 cm³/mol. The topological polar surface area (TPSA) is 141 Å². The van der Waals surface area contributed by atoms with E-state index in [4.69, 9.17) is 14.2 Å². The van der Waals surface area contributed by atoms with Crippen LogP contribution >= 0.6 is 0 Å². The molecular formula is C20H22N4O7. The van der Waals surface area contributed by atoms with E-state index in [2.05, 4.69) is 15.8 Å². The second-order valence-corrected chi connectivity index (χ2v) is 6.08. The van der Waals surface area contributed by atoms with E-state index in [-0.39, 0.29) is 18.0 Å². The molecule has 0 spiro atoms. The summed E-state index contributed by atoms with van der Waals surface area (Å²) in [5.74, 6) is -0.572. The van der Waals surface area contributed by atoms with E-state index in [0.29, 0.717) is 23.5 Å². The first-order valence-electron chi connectivity index (χ1n) is 9.04. The van der Waals surface area contributed by atoms with Crippen LogP contribution in [0.3, 0.4) is 0 Å². The maximum atomic E-state index is 11.9. The number of amides is 2. The standard InChI is InChI=1S/C20H22N4O7/c1-29-16-6-5-14(10-15(16)24(27)28)12-22-23-20(26)19(25)21-9-8-13-4-7-17(30-2)18(11-13)31-3/h4-7,10-12H,8-9H2,1-3H3,(H,21,25)(H,23,26)/b22-12+. The van der Waals surface area contributed by atoms with Gasteiger partial charge in [0.2, 0.25) is 0 Å². The number of hydrogen-bond donors (Lipinski definition) is 2. The van der Waals surface area contributed by atoms with Crippen LogP contribution in [0.5, 0.6) is 17.2 Å². The molecule has 11 nitrogen and oxygen atoms in total. The number of carbonyl (C=O) groups excluding carboxylic acids is 2. The average Bonchev–Trinajstić information content (AvgIpc) is 2.78. The Morgan fingerprint density at radius 1 is 1.00 bits per heavy atom. The Hall–Kier alpha value is -4.15. The summed E-state index contributed by atoms with van der Waals surface area (Å²) in [6, 6.07) is 9.51. The molecule has 0 saturated carbocycles. The minimum Gasteiger partial charge on any atom is -0.493 e. The highest BCUT2D eigenvalue weighted by Gasteiger charge is 2.15. The van der Waals surface area contributed by atoms with Gasteiger partial charge in [0.25, 0.3) is 0 Å².